The van der Waals surface area contributed by atoms with E-state index < -0.39 is 6.10 Å². The molecule has 2 N–H and O–H groups in total. The van der Waals surface area contributed by atoms with Gasteiger partial charge in [-0.1, -0.05) is 12.1 Å². The molecule has 4 fully saturated rings. The van der Waals surface area contributed by atoms with Crippen LogP contribution in [-0.4, -0.2) is 15.2 Å². The van der Waals surface area contributed by atoms with Crippen LogP contribution < -0.4 is 0 Å². The lowest BCUT2D eigenvalue weighted by atomic mass is 9.48. The molecule has 130 valence electrons. The highest BCUT2D eigenvalue weighted by molar-refractivity contribution is 5.45. The molecule has 1 aromatic heterocycles. The first-order valence-electron chi connectivity index (χ1n) is 9.54. The Hall–Kier alpha value is -1.87. The predicted molar refractivity (Wildman–Crippen MR) is 96.3 cm³/mol. The number of nitrogens with zero attached hydrogens (tertiary/aromatic N) is 1. The van der Waals surface area contributed by atoms with Crippen LogP contribution in [0.5, 0.6) is 5.75 Å². The maximum atomic E-state index is 10.8. The number of aromatic hydroxyl groups is 1. The zero-order valence-electron chi connectivity index (χ0n) is 14.4. The van der Waals surface area contributed by atoms with Gasteiger partial charge in [-0.25, -0.2) is 0 Å². The van der Waals surface area contributed by atoms with Crippen molar-refractivity contribution in [2.75, 3.05) is 0 Å². The topological polar surface area (TPSA) is 53.4 Å². The van der Waals surface area contributed by atoms with Gasteiger partial charge >= 0.3 is 0 Å². The molecule has 0 radical (unpaired) electrons. The van der Waals surface area contributed by atoms with Crippen molar-refractivity contribution >= 4 is 0 Å². The summed E-state index contributed by atoms with van der Waals surface area (Å²) in [7, 11) is 0. The number of pyridine rings is 1. The average molecular weight is 335 g/mol. The van der Waals surface area contributed by atoms with E-state index in [-0.39, 0.29) is 5.41 Å². The summed E-state index contributed by atoms with van der Waals surface area (Å²) in [6.45, 7) is 0. The molecule has 2 aromatic rings. The van der Waals surface area contributed by atoms with Crippen molar-refractivity contribution in [3.63, 3.8) is 0 Å². The molecule has 4 saturated carbocycles. The molecule has 0 spiro atoms. The van der Waals surface area contributed by atoms with E-state index in [4.69, 9.17) is 0 Å². The van der Waals surface area contributed by atoms with Gasteiger partial charge in [-0.05, 0) is 85.5 Å². The summed E-state index contributed by atoms with van der Waals surface area (Å²) in [6, 6.07) is 9.44. The first-order valence-corrected chi connectivity index (χ1v) is 9.54. The summed E-state index contributed by atoms with van der Waals surface area (Å²) in [5.74, 6) is 2.90. The summed E-state index contributed by atoms with van der Waals surface area (Å²) < 4.78 is 0. The number of hydrogen-bond donors (Lipinski definition) is 2. The number of aliphatic hydroxyl groups is 1. The first-order chi connectivity index (χ1) is 12.1. The van der Waals surface area contributed by atoms with Crippen molar-refractivity contribution < 1.29 is 10.2 Å². The van der Waals surface area contributed by atoms with Gasteiger partial charge in [0.15, 0.2) is 0 Å². The van der Waals surface area contributed by atoms with Crippen molar-refractivity contribution in [2.24, 2.45) is 17.8 Å². The summed E-state index contributed by atoms with van der Waals surface area (Å²) in [6.07, 6.45) is 10.5. The van der Waals surface area contributed by atoms with E-state index in [0.717, 1.165) is 34.4 Å². The third-order valence-electron chi connectivity index (χ3n) is 6.95. The minimum atomic E-state index is -0.693. The maximum absolute atomic E-state index is 10.8. The molecule has 1 aromatic carbocycles. The van der Waals surface area contributed by atoms with Gasteiger partial charge < -0.3 is 10.2 Å². The molecule has 4 aliphatic carbocycles. The van der Waals surface area contributed by atoms with E-state index in [2.05, 4.69) is 11.1 Å². The first kappa shape index (κ1) is 15.4. The van der Waals surface area contributed by atoms with Gasteiger partial charge in [0, 0.05) is 23.5 Å². The second-order valence-corrected chi connectivity index (χ2v) is 8.66. The second-order valence-electron chi connectivity index (χ2n) is 8.66. The maximum Gasteiger partial charge on any atom is 0.119 e. The molecule has 1 atom stereocenters. The number of benzene rings is 1. The van der Waals surface area contributed by atoms with E-state index in [1.54, 1.807) is 18.5 Å². The molecular weight excluding hydrogens is 310 g/mol. The lowest BCUT2D eigenvalue weighted by molar-refractivity contribution is -0.00621. The van der Waals surface area contributed by atoms with E-state index in [0.29, 0.717) is 5.75 Å². The Morgan fingerprint density at radius 1 is 0.960 bits per heavy atom. The average Bonchev–Trinajstić information content (AvgIpc) is 2.61. The monoisotopic (exact) mass is 335 g/mol. The fourth-order valence-electron chi connectivity index (χ4n) is 6.32. The molecule has 4 aliphatic rings. The number of phenolic OH excluding ortho intramolecular Hbond substituents is 1. The van der Waals surface area contributed by atoms with E-state index >= 15 is 0 Å². The molecule has 0 amide bonds. The van der Waals surface area contributed by atoms with Gasteiger partial charge in [0.1, 0.15) is 11.9 Å². The van der Waals surface area contributed by atoms with Gasteiger partial charge in [-0.15, -0.1) is 0 Å². The van der Waals surface area contributed by atoms with Crippen LogP contribution in [0.2, 0.25) is 0 Å². The lowest BCUT2D eigenvalue weighted by Crippen LogP contribution is -2.48. The molecule has 4 bridgehead atoms. The standard InChI is InChI=1S/C22H25NO2/c24-20-4-3-17(21(25)18-2-1-5-23-13-18)9-19(20)22-10-14-6-15(11-22)8-16(7-14)12-22/h1-5,9,13-16,21,24-25H,6-8,10-12H2. The number of hydrogen-bond acceptors (Lipinski definition) is 3. The molecule has 0 aliphatic heterocycles. The minimum absolute atomic E-state index is 0.128. The largest absolute Gasteiger partial charge is 0.508 e. The van der Waals surface area contributed by atoms with E-state index in [1.165, 1.54) is 38.5 Å². The highest BCUT2D eigenvalue weighted by Crippen LogP contribution is 2.61. The third-order valence-corrected chi connectivity index (χ3v) is 6.95. The van der Waals surface area contributed by atoms with Crippen molar-refractivity contribution in [2.45, 2.75) is 50.0 Å². The molecule has 0 saturated heterocycles. The SMILES string of the molecule is Oc1ccc(C(O)c2cccnc2)cc1C12CC3CC(CC(C3)C1)C2. The Morgan fingerprint density at radius 3 is 2.24 bits per heavy atom. The summed E-state index contributed by atoms with van der Waals surface area (Å²) in [4.78, 5) is 4.12. The van der Waals surface area contributed by atoms with Crippen LogP contribution in [-0.2, 0) is 5.41 Å². The second kappa shape index (κ2) is 5.57. The predicted octanol–water partition coefficient (Wildman–Crippen LogP) is 4.34. The molecule has 1 unspecified atom stereocenters. The van der Waals surface area contributed by atoms with E-state index in [9.17, 15) is 10.2 Å². The number of rotatable bonds is 3. The van der Waals surface area contributed by atoms with Gasteiger partial charge in [-0.3, -0.25) is 4.98 Å². The Morgan fingerprint density at radius 2 is 1.64 bits per heavy atom. The van der Waals surface area contributed by atoms with Crippen LogP contribution in [0.25, 0.3) is 0 Å². The van der Waals surface area contributed by atoms with Crippen LogP contribution >= 0.6 is 0 Å². The molecule has 25 heavy (non-hydrogen) atoms. The lowest BCUT2D eigenvalue weighted by Gasteiger charge is -2.57. The fourth-order valence-corrected chi connectivity index (χ4v) is 6.32. The summed E-state index contributed by atoms with van der Waals surface area (Å²) >= 11 is 0. The summed E-state index contributed by atoms with van der Waals surface area (Å²) in [5, 5.41) is 21.4. The smallest absolute Gasteiger partial charge is 0.119 e. The minimum Gasteiger partial charge on any atom is -0.508 e. The van der Waals surface area contributed by atoms with Crippen molar-refractivity contribution in [1.82, 2.24) is 4.98 Å². The van der Waals surface area contributed by atoms with Crippen molar-refractivity contribution in [1.29, 1.82) is 0 Å². The van der Waals surface area contributed by atoms with Crippen molar-refractivity contribution in [3.8, 4) is 5.75 Å². The fraction of sp³-hybridized carbons (Fsp3) is 0.500. The Kier molecular flexibility index (Phi) is 3.43. The van der Waals surface area contributed by atoms with Gasteiger partial charge in [0.2, 0.25) is 0 Å². The quantitative estimate of drug-likeness (QED) is 0.877. The molecule has 3 heteroatoms. The Balaban J connectivity index is 1.54. The highest BCUT2D eigenvalue weighted by atomic mass is 16.3. The van der Waals surface area contributed by atoms with Gasteiger partial charge in [0.05, 0.1) is 0 Å². The van der Waals surface area contributed by atoms with Crippen LogP contribution in [0.4, 0.5) is 0 Å². The normalized spacial score (nSPS) is 34.2. The Labute approximate surface area is 148 Å². The molecule has 3 nitrogen and oxygen atoms in total. The zero-order valence-corrected chi connectivity index (χ0v) is 14.4. The number of aliphatic hydroxyl groups excluding tert-OH is 1. The highest BCUT2D eigenvalue weighted by Gasteiger charge is 2.52. The van der Waals surface area contributed by atoms with Gasteiger partial charge in [-0.2, -0.15) is 0 Å². The van der Waals surface area contributed by atoms with Crippen LogP contribution in [0.3, 0.4) is 0 Å². The van der Waals surface area contributed by atoms with Crippen LogP contribution in [0, 0.1) is 17.8 Å². The van der Waals surface area contributed by atoms with Gasteiger partial charge in [0.25, 0.3) is 0 Å². The summed E-state index contributed by atoms with van der Waals surface area (Å²) in [5.41, 5.74) is 2.86. The molecular formula is C22H25NO2. The van der Waals surface area contributed by atoms with Crippen LogP contribution in [0.1, 0.15) is 61.3 Å². The van der Waals surface area contributed by atoms with Crippen molar-refractivity contribution in [3.05, 3.63) is 59.4 Å². The third kappa shape index (κ3) is 2.48. The van der Waals surface area contributed by atoms with E-state index in [1.807, 2.05) is 18.2 Å². The molecule has 1 heterocycles. The number of phenols is 1. The Bertz CT molecular complexity index is 751. The number of aromatic nitrogens is 1. The zero-order chi connectivity index (χ0) is 17.0. The van der Waals surface area contributed by atoms with Crippen LogP contribution in [0.15, 0.2) is 42.7 Å². The molecule has 6 rings (SSSR count).